The van der Waals surface area contributed by atoms with Crippen molar-refractivity contribution in [2.45, 2.75) is 27.7 Å². The summed E-state index contributed by atoms with van der Waals surface area (Å²) in [6, 6.07) is 17.3. The van der Waals surface area contributed by atoms with Crippen LogP contribution in [0.2, 0.25) is 0 Å². The van der Waals surface area contributed by atoms with Crippen molar-refractivity contribution in [1.82, 2.24) is 9.78 Å². The average molecular weight is 456 g/mol. The largest absolute Gasteiger partial charge is 0.497 e. The van der Waals surface area contributed by atoms with Gasteiger partial charge in [0.1, 0.15) is 18.2 Å². The standard InChI is InChI=1S/C21H23N3O2.C2H6O.C2H6.CH2O/c1-5-23(3)20-14-18(16-10-8-11-17(13-16)26-4)22-24(21(20)25)19-12-7-6-9-15(19)2;1-3-2;2*1-2/h6-14H,5H2,1-4H3;1-2H3;1-2H3;1H2. The highest BCUT2D eigenvalue weighted by Gasteiger charge is 2.15. The Morgan fingerprint density at radius 1 is 1.00 bits per heavy atom. The van der Waals surface area contributed by atoms with Gasteiger partial charge in [0, 0.05) is 33.4 Å². The number of rotatable bonds is 5. The summed E-state index contributed by atoms with van der Waals surface area (Å²) in [4.78, 5) is 23.0. The zero-order valence-corrected chi connectivity index (χ0v) is 21.1. The molecule has 1 aromatic heterocycles. The minimum absolute atomic E-state index is 0.129. The van der Waals surface area contributed by atoms with Gasteiger partial charge in [0.05, 0.1) is 18.5 Å². The molecule has 7 heteroatoms. The smallest absolute Gasteiger partial charge is 0.295 e. The molecule has 1 heterocycles. The number of ether oxygens (including phenoxy) is 2. The molecule has 33 heavy (non-hydrogen) atoms. The molecule has 3 rings (SSSR count). The van der Waals surface area contributed by atoms with E-state index in [1.54, 1.807) is 21.3 Å². The van der Waals surface area contributed by atoms with Crippen LogP contribution in [0.5, 0.6) is 5.75 Å². The first kappa shape index (κ1) is 29.5. The molecule has 0 spiro atoms. The number of methoxy groups -OCH3 is 2. The molecule has 0 unspecified atom stereocenters. The van der Waals surface area contributed by atoms with E-state index in [0.29, 0.717) is 5.69 Å². The second-order valence-corrected chi connectivity index (χ2v) is 6.57. The number of hydrogen-bond acceptors (Lipinski definition) is 6. The van der Waals surface area contributed by atoms with Gasteiger partial charge in [-0.15, -0.1) is 0 Å². The Morgan fingerprint density at radius 2 is 1.61 bits per heavy atom. The summed E-state index contributed by atoms with van der Waals surface area (Å²) >= 11 is 0. The van der Waals surface area contributed by atoms with Gasteiger partial charge in [-0.3, -0.25) is 4.79 Å². The minimum Gasteiger partial charge on any atom is -0.497 e. The fourth-order valence-corrected chi connectivity index (χ4v) is 2.81. The maximum atomic E-state index is 13.1. The van der Waals surface area contributed by atoms with Crippen LogP contribution in [0.25, 0.3) is 16.9 Å². The van der Waals surface area contributed by atoms with Crippen LogP contribution in [-0.2, 0) is 9.53 Å². The molecule has 7 nitrogen and oxygen atoms in total. The van der Waals surface area contributed by atoms with Crippen LogP contribution >= 0.6 is 0 Å². The van der Waals surface area contributed by atoms with Crippen molar-refractivity contribution >= 4 is 12.5 Å². The second-order valence-electron chi connectivity index (χ2n) is 6.57. The lowest BCUT2D eigenvalue weighted by Gasteiger charge is -2.19. The summed E-state index contributed by atoms with van der Waals surface area (Å²) in [5.41, 5.74) is 3.89. The summed E-state index contributed by atoms with van der Waals surface area (Å²) in [5, 5.41) is 4.65. The molecular weight excluding hydrogens is 418 g/mol. The highest BCUT2D eigenvalue weighted by atomic mass is 16.5. The number of carbonyl (C=O) groups excluding carboxylic acids is 1. The summed E-state index contributed by atoms with van der Waals surface area (Å²) in [5.74, 6) is 0.753. The minimum atomic E-state index is -0.129. The van der Waals surface area contributed by atoms with E-state index >= 15 is 0 Å². The van der Waals surface area contributed by atoms with Gasteiger partial charge in [-0.05, 0) is 43.7 Å². The Hall–Kier alpha value is -3.45. The number of benzene rings is 2. The monoisotopic (exact) mass is 455 g/mol. The van der Waals surface area contributed by atoms with Gasteiger partial charge >= 0.3 is 0 Å². The first-order valence-electron chi connectivity index (χ1n) is 10.7. The molecule has 0 aliphatic carbocycles. The SMILES string of the molecule is C=O.CC.CCN(C)c1cc(-c2cccc(OC)c2)nn(-c2ccccc2C)c1=O.COC. The second kappa shape index (κ2) is 16.2. The number of aryl methyl sites for hydroxylation is 1. The zero-order valence-electron chi connectivity index (χ0n) is 21.1. The first-order valence-corrected chi connectivity index (χ1v) is 10.7. The van der Waals surface area contributed by atoms with Gasteiger partial charge in [0.15, 0.2) is 0 Å². The molecule has 0 aliphatic rings. The van der Waals surface area contributed by atoms with E-state index in [2.05, 4.69) is 9.84 Å². The fourth-order valence-electron chi connectivity index (χ4n) is 2.81. The van der Waals surface area contributed by atoms with Gasteiger partial charge in [-0.1, -0.05) is 44.2 Å². The fraction of sp³-hybridized carbons (Fsp3) is 0.346. The number of hydrogen-bond donors (Lipinski definition) is 0. The zero-order chi connectivity index (χ0) is 25.4. The highest BCUT2D eigenvalue weighted by molar-refractivity contribution is 5.65. The summed E-state index contributed by atoms with van der Waals surface area (Å²) < 4.78 is 11.1. The van der Waals surface area contributed by atoms with Crippen molar-refractivity contribution in [3.8, 4) is 22.7 Å². The summed E-state index contributed by atoms with van der Waals surface area (Å²) in [6.45, 7) is 10.7. The number of aromatic nitrogens is 2. The van der Waals surface area contributed by atoms with E-state index < -0.39 is 0 Å². The highest BCUT2D eigenvalue weighted by Crippen LogP contribution is 2.24. The molecule has 3 aromatic rings. The topological polar surface area (TPSA) is 73.7 Å². The molecule has 0 fully saturated rings. The maximum Gasteiger partial charge on any atom is 0.295 e. The van der Waals surface area contributed by atoms with Crippen molar-refractivity contribution in [3.63, 3.8) is 0 Å². The lowest BCUT2D eigenvalue weighted by molar-refractivity contribution is -0.0979. The van der Waals surface area contributed by atoms with E-state index in [1.807, 2.05) is 101 Å². The van der Waals surface area contributed by atoms with Crippen LogP contribution in [0.3, 0.4) is 0 Å². The lowest BCUT2D eigenvalue weighted by Crippen LogP contribution is -2.30. The first-order chi connectivity index (χ1) is 16.0. The average Bonchev–Trinajstić information content (AvgIpc) is 2.87. The van der Waals surface area contributed by atoms with E-state index in [9.17, 15) is 4.79 Å². The van der Waals surface area contributed by atoms with E-state index in [-0.39, 0.29) is 5.56 Å². The molecule has 2 aromatic carbocycles. The molecule has 0 atom stereocenters. The lowest BCUT2D eigenvalue weighted by atomic mass is 10.1. The van der Waals surface area contributed by atoms with Crippen LogP contribution in [0.4, 0.5) is 5.69 Å². The van der Waals surface area contributed by atoms with E-state index in [4.69, 9.17) is 9.53 Å². The third-order valence-electron chi connectivity index (χ3n) is 4.49. The third kappa shape index (κ3) is 8.20. The van der Waals surface area contributed by atoms with Gasteiger partial charge in [-0.25, -0.2) is 0 Å². The van der Waals surface area contributed by atoms with Crippen LogP contribution in [0, 0.1) is 6.92 Å². The van der Waals surface area contributed by atoms with Crippen molar-refractivity contribution in [1.29, 1.82) is 0 Å². The van der Waals surface area contributed by atoms with Gasteiger partial charge < -0.3 is 19.2 Å². The van der Waals surface area contributed by atoms with Crippen molar-refractivity contribution in [3.05, 3.63) is 70.5 Å². The van der Waals surface area contributed by atoms with Crippen LogP contribution in [0.1, 0.15) is 26.3 Å². The molecule has 180 valence electrons. The Kier molecular flexibility index (Phi) is 14.5. The number of nitrogens with zero attached hydrogens (tertiary/aromatic N) is 3. The molecule has 0 aliphatic heterocycles. The molecule has 0 bridgehead atoms. The van der Waals surface area contributed by atoms with Crippen LogP contribution in [0.15, 0.2) is 59.4 Å². The number of carbonyl (C=O) groups is 1. The predicted octanol–water partition coefficient (Wildman–Crippen LogP) is 4.78. The van der Waals surface area contributed by atoms with Gasteiger partial charge in [0.25, 0.3) is 5.56 Å². The quantitative estimate of drug-likeness (QED) is 0.551. The Morgan fingerprint density at radius 3 is 2.15 bits per heavy atom. The Bertz CT molecular complexity index is 1020. The molecular formula is C26H37N3O4. The normalized spacial score (nSPS) is 9.21. The van der Waals surface area contributed by atoms with E-state index in [1.165, 1.54) is 4.68 Å². The van der Waals surface area contributed by atoms with Gasteiger partial charge in [0.2, 0.25) is 0 Å². The molecule has 0 amide bonds. The number of para-hydroxylation sites is 1. The van der Waals surface area contributed by atoms with Crippen LogP contribution in [-0.4, -0.2) is 51.5 Å². The third-order valence-corrected chi connectivity index (χ3v) is 4.49. The van der Waals surface area contributed by atoms with E-state index in [0.717, 1.165) is 34.8 Å². The van der Waals surface area contributed by atoms with Crippen molar-refractivity contribution in [2.75, 3.05) is 39.8 Å². The Balaban J connectivity index is 0.00000132. The molecule has 0 saturated carbocycles. The molecule has 0 N–H and O–H groups in total. The van der Waals surface area contributed by atoms with Gasteiger partial charge in [-0.2, -0.15) is 9.78 Å². The van der Waals surface area contributed by atoms with Crippen molar-refractivity contribution < 1.29 is 14.3 Å². The number of anilines is 1. The summed E-state index contributed by atoms with van der Waals surface area (Å²) in [7, 11) is 6.80. The predicted molar refractivity (Wildman–Crippen MR) is 137 cm³/mol. The maximum absolute atomic E-state index is 13.1. The molecule has 0 radical (unpaired) electrons. The van der Waals surface area contributed by atoms with Crippen molar-refractivity contribution in [2.24, 2.45) is 0 Å². The molecule has 0 saturated heterocycles. The Labute approximate surface area is 197 Å². The van der Waals surface area contributed by atoms with Crippen LogP contribution < -0.4 is 15.2 Å². The summed E-state index contributed by atoms with van der Waals surface area (Å²) in [6.07, 6.45) is 0.